The fraction of sp³-hybridized carbons (Fsp3) is 0.320. The number of methoxy groups -OCH3 is 2. The van der Waals surface area contributed by atoms with Crippen molar-refractivity contribution in [3.8, 4) is 11.5 Å². The van der Waals surface area contributed by atoms with E-state index in [9.17, 15) is 9.59 Å². The number of carbonyl (C=O) groups is 2. The summed E-state index contributed by atoms with van der Waals surface area (Å²) in [5.41, 5.74) is 2.25. The van der Waals surface area contributed by atoms with Crippen molar-refractivity contribution in [2.24, 2.45) is 0 Å². The molecule has 4 rings (SSSR count). The first-order chi connectivity index (χ1) is 17.4. The molecule has 190 valence electrons. The zero-order valence-electron chi connectivity index (χ0n) is 20.3. The highest BCUT2D eigenvalue weighted by molar-refractivity contribution is 8.00. The van der Waals surface area contributed by atoms with E-state index in [-0.39, 0.29) is 30.0 Å². The molecule has 0 spiro atoms. The van der Waals surface area contributed by atoms with Crippen LogP contribution in [0.25, 0.3) is 10.9 Å². The average molecular weight is 512 g/mol. The van der Waals surface area contributed by atoms with Gasteiger partial charge in [-0.3, -0.25) is 15.0 Å². The topological polar surface area (TPSA) is 129 Å². The van der Waals surface area contributed by atoms with E-state index in [1.807, 2.05) is 30.3 Å². The van der Waals surface area contributed by atoms with E-state index >= 15 is 0 Å². The van der Waals surface area contributed by atoms with Crippen LogP contribution in [-0.4, -0.2) is 72.8 Å². The molecular weight excluding hydrogens is 482 g/mol. The molecule has 1 atom stereocenters. The number of rotatable bonds is 10. The maximum Gasteiger partial charge on any atom is 0.316 e. The third-order valence-corrected chi connectivity index (χ3v) is 6.80. The number of nitrogens with zero attached hydrogens (tertiary/aromatic N) is 1. The van der Waals surface area contributed by atoms with Crippen LogP contribution in [0.2, 0.25) is 0 Å². The van der Waals surface area contributed by atoms with Crippen LogP contribution >= 0.6 is 11.8 Å². The summed E-state index contributed by atoms with van der Waals surface area (Å²) < 4.78 is 15.9. The van der Waals surface area contributed by atoms with Crippen molar-refractivity contribution < 1.29 is 23.8 Å². The average Bonchev–Trinajstić information content (AvgIpc) is 3.33. The van der Waals surface area contributed by atoms with Crippen LogP contribution in [0.15, 0.2) is 42.5 Å². The van der Waals surface area contributed by atoms with Gasteiger partial charge in [0.05, 0.1) is 32.3 Å². The zero-order valence-corrected chi connectivity index (χ0v) is 21.2. The summed E-state index contributed by atoms with van der Waals surface area (Å²) in [7, 11) is 3.09. The van der Waals surface area contributed by atoms with Gasteiger partial charge < -0.3 is 34.7 Å². The number of hydrogen-bond donors (Lipinski definition) is 4. The molecule has 1 unspecified atom stereocenters. The molecule has 2 aromatic carbocycles. The zero-order chi connectivity index (χ0) is 25.7. The number of thioether (sulfide) groups is 1. The van der Waals surface area contributed by atoms with Crippen molar-refractivity contribution in [3.63, 3.8) is 0 Å². The van der Waals surface area contributed by atoms with Gasteiger partial charge in [0.15, 0.2) is 11.5 Å². The molecule has 11 heteroatoms. The number of esters is 1. The van der Waals surface area contributed by atoms with Crippen molar-refractivity contribution in [1.29, 1.82) is 5.41 Å². The Morgan fingerprint density at radius 3 is 2.61 bits per heavy atom. The second-order valence-corrected chi connectivity index (χ2v) is 9.00. The second kappa shape index (κ2) is 11.3. The van der Waals surface area contributed by atoms with Gasteiger partial charge in [-0.2, -0.15) is 0 Å². The minimum atomic E-state index is -0.433. The summed E-state index contributed by atoms with van der Waals surface area (Å²) in [6, 6.07) is 13.0. The van der Waals surface area contributed by atoms with E-state index in [4.69, 9.17) is 19.6 Å². The number of H-pyrrole nitrogens is 1. The van der Waals surface area contributed by atoms with Gasteiger partial charge in [-0.1, -0.05) is 18.2 Å². The SMILES string of the molecule is CCOC(=O)CSC1Nc2cc(OC)c(OC)cc2C(=N)N1CCNC(=O)c1cc2ccccc2[nH]1. The molecule has 0 bridgehead atoms. The van der Waals surface area contributed by atoms with Crippen molar-refractivity contribution in [1.82, 2.24) is 15.2 Å². The summed E-state index contributed by atoms with van der Waals surface area (Å²) in [6.45, 7) is 2.69. The number of amidine groups is 1. The van der Waals surface area contributed by atoms with E-state index in [0.29, 0.717) is 41.6 Å². The molecule has 0 aliphatic carbocycles. The van der Waals surface area contributed by atoms with Gasteiger partial charge in [0, 0.05) is 35.6 Å². The lowest BCUT2D eigenvalue weighted by Crippen LogP contribution is -2.50. The minimum Gasteiger partial charge on any atom is -0.493 e. The van der Waals surface area contributed by atoms with Gasteiger partial charge in [0.1, 0.15) is 17.0 Å². The summed E-state index contributed by atoms with van der Waals surface area (Å²) in [6.07, 6.45) is 0. The minimum absolute atomic E-state index is 0.110. The first-order valence-electron chi connectivity index (χ1n) is 11.5. The summed E-state index contributed by atoms with van der Waals surface area (Å²) >= 11 is 1.31. The van der Waals surface area contributed by atoms with Crippen LogP contribution < -0.4 is 20.1 Å². The number of nitrogens with one attached hydrogen (secondary N) is 4. The largest absolute Gasteiger partial charge is 0.493 e. The number of aromatic nitrogens is 1. The molecule has 2 heterocycles. The number of carbonyl (C=O) groups excluding carboxylic acids is 2. The molecule has 0 saturated heterocycles. The van der Waals surface area contributed by atoms with Crippen molar-refractivity contribution in [2.75, 3.05) is 45.0 Å². The van der Waals surface area contributed by atoms with Gasteiger partial charge in [-0.05, 0) is 25.1 Å². The lowest BCUT2D eigenvalue weighted by molar-refractivity contribution is -0.139. The number of hydrogen-bond acceptors (Lipinski definition) is 8. The highest BCUT2D eigenvalue weighted by Crippen LogP contribution is 2.38. The number of aromatic amines is 1. The Labute approximate surface area is 213 Å². The number of ether oxygens (including phenoxy) is 3. The van der Waals surface area contributed by atoms with Crippen LogP contribution in [0.1, 0.15) is 23.0 Å². The lowest BCUT2D eigenvalue weighted by atomic mass is 10.1. The molecule has 1 aliphatic heterocycles. The highest BCUT2D eigenvalue weighted by Gasteiger charge is 2.31. The Bertz CT molecular complexity index is 1240. The molecule has 10 nitrogen and oxygen atoms in total. The van der Waals surface area contributed by atoms with Gasteiger partial charge in [0.25, 0.3) is 5.91 Å². The Kier molecular flexibility index (Phi) is 7.89. The molecule has 0 radical (unpaired) electrons. The molecule has 3 aromatic rings. The van der Waals surface area contributed by atoms with E-state index in [1.165, 1.54) is 11.8 Å². The van der Waals surface area contributed by atoms with Crippen molar-refractivity contribution in [2.45, 2.75) is 12.4 Å². The Morgan fingerprint density at radius 1 is 1.14 bits per heavy atom. The molecule has 4 N–H and O–H groups in total. The lowest BCUT2D eigenvalue weighted by Gasteiger charge is -2.39. The number of benzene rings is 2. The van der Waals surface area contributed by atoms with Gasteiger partial charge in [0.2, 0.25) is 0 Å². The van der Waals surface area contributed by atoms with Crippen LogP contribution in [0, 0.1) is 5.41 Å². The normalized spacial score (nSPS) is 14.7. The molecule has 1 amide bonds. The van der Waals surface area contributed by atoms with Gasteiger partial charge in [-0.15, -0.1) is 11.8 Å². The molecule has 0 saturated carbocycles. The highest BCUT2D eigenvalue weighted by atomic mass is 32.2. The Balaban J connectivity index is 1.49. The van der Waals surface area contributed by atoms with Crippen LogP contribution in [0.4, 0.5) is 5.69 Å². The molecule has 1 aliphatic rings. The van der Waals surface area contributed by atoms with Crippen LogP contribution in [0.5, 0.6) is 11.5 Å². The van der Waals surface area contributed by atoms with Crippen molar-refractivity contribution >= 4 is 46.1 Å². The maximum absolute atomic E-state index is 12.7. The first-order valence-corrected chi connectivity index (χ1v) is 12.5. The number of fused-ring (bicyclic) bond motifs is 2. The summed E-state index contributed by atoms with van der Waals surface area (Å²) in [5, 5.41) is 16.1. The van der Waals surface area contributed by atoms with E-state index in [2.05, 4.69) is 15.6 Å². The predicted octanol–water partition coefficient (Wildman–Crippen LogP) is 3.25. The van der Waals surface area contributed by atoms with Crippen LogP contribution in [0.3, 0.4) is 0 Å². The quantitative estimate of drug-likeness (QED) is 0.306. The summed E-state index contributed by atoms with van der Waals surface area (Å²) in [5.74, 6) is 0.827. The third kappa shape index (κ3) is 5.35. The predicted molar refractivity (Wildman–Crippen MR) is 140 cm³/mol. The fourth-order valence-corrected chi connectivity index (χ4v) is 4.95. The van der Waals surface area contributed by atoms with E-state index in [1.54, 1.807) is 38.2 Å². The number of para-hydroxylation sites is 1. The van der Waals surface area contributed by atoms with Gasteiger partial charge in [-0.25, -0.2) is 0 Å². The fourth-order valence-electron chi connectivity index (χ4n) is 3.97. The van der Waals surface area contributed by atoms with Crippen LogP contribution in [-0.2, 0) is 9.53 Å². The van der Waals surface area contributed by atoms with E-state index < -0.39 is 5.50 Å². The third-order valence-electron chi connectivity index (χ3n) is 5.71. The second-order valence-electron chi connectivity index (χ2n) is 7.93. The number of amides is 1. The first kappa shape index (κ1) is 25.2. The Hall–Kier alpha value is -3.86. The Morgan fingerprint density at radius 2 is 1.89 bits per heavy atom. The van der Waals surface area contributed by atoms with Crippen molar-refractivity contribution in [3.05, 3.63) is 53.7 Å². The molecule has 36 heavy (non-hydrogen) atoms. The van der Waals surface area contributed by atoms with E-state index in [0.717, 1.165) is 10.9 Å². The smallest absolute Gasteiger partial charge is 0.316 e. The molecular formula is C25H29N5O5S. The van der Waals surface area contributed by atoms with Gasteiger partial charge >= 0.3 is 5.97 Å². The standard InChI is InChI=1S/C25H29N5O5S/c1-4-35-22(31)14-36-25-29-18-13-21(34-3)20(33-2)12-16(18)23(26)30(25)10-9-27-24(32)19-11-15-7-5-6-8-17(15)28-19/h5-8,11-13,25-26,28-29H,4,9-10,14H2,1-3H3,(H,27,32). The maximum atomic E-state index is 12.7. The monoisotopic (exact) mass is 511 g/mol. The summed E-state index contributed by atoms with van der Waals surface area (Å²) in [4.78, 5) is 29.6. The molecule has 1 aromatic heterocycles. The number of anilines is 1. The molecule has 0 fully saturated rings.